The number of ether oxygens (including phenoxy) is 1. The molecule has 1 aliphatic carbocycles. The van der Waals surface area contributed by atoms with Gasteiger partial charge in [0.15, 0.2) is 11.9 Å². The first-order chi connectivity index (χ1) is 19.5. The van der Waals surface area contributed by atoms with Gasteiger partial charge in [-0.05, 0) is 61.9 Å². The summed E-state index contributed by atoms with van der Waals surface area (Å²) in [7, 11) is 6.27. The second-order valence-corrected chi connectivity index (χ2v) is 10.8. The molecule has 2 aromatic heterocycles. The molecule has 0 saturated heterocycles. The minimum atomic E-state index is -1.12. The SMILES string of the molecule is CN(C)C(=O)/C=C/CC[C@H](OC(=O)N(C)C)C(=O)Cc1nccn(Cc2cc3cc(F)ccc3n2CC2CC2)c1=O. The van der Waals surface area contributed by atoms with Crippen molar-refractivity contribution in [1.82, 2.24) is 23.9 Å². The lowest BCUT2D eigenvalue weighted by Crippen LogP contribution is -2.35. The van der Waals surface area contributed by atoms with E-state index in [1.165, 1.54) is 52.9 Å². The largest absolute Gasteiger partial charge is 0.438 e. The third kappa shape index (κ3) is 7.68. The van der Waals surface area contributed by atoms with Crippen molar-refractivity contribution in [3.05, 3.63) is 76.4 Å². The number of likely N-dealkylation sites (N-methyl/N-ethyl adjacent to an activating group) is 1. The van der Waals surface area contributed by atoms with Gasteiger partial charge in [-0.3, -0.25) is 19.4 Å². The molecule has 0 aliphatic heterocycles. The number of Topliss-reactive ketones (excluding diaryl/α,β-unsaturated/α-hetero) is 1. The van der Waals surface area contributed by atoms with Gasteiger partial charge in [0.2, 0.25) is 5.91 Å². The summed E-state index contributed by atoms with van der Waals surface area (Å²) >= 11 is 0. The molecular formula is C30H36FN5O5. The highest BCUT2D eigenvalue weighted by atomic mass is 19.1. The second-order valence-electron chi connectivity index (χ2n) is 10.8. The maximum Gasteiger partial charge on any atom is 0.409 e. The predicted octanol–water partition coefficient (Wildman–Crippen LogP) is 3.40. The van der Waals surface area contributed by atoms with Crippen LogP contribution in [0.25, 0.3) is 10.9 Å². The van der Waals surface area contributed by atoms with Crippen LogP contribution in [-0.4, -0.2) is 76.0 Å². The molecule has 218 valence electrons. The van der Waals surface area contributed by atoms with Crippen LogP contribution >= 0.6 is 0 Å². The van der Waals surface area contributed by atoms with Crippen LogP contribution in [0.5, 0.6) is 0 Å². The van der Waals surface area contributed by atoms with E-state index in [0.29, 0.717) is 12.3 Å². The highest BCUT2D eigenvalue weighted by Gasteiger charge is 2.26. The molecule has 0 spiro atoms. The maximum atomic E-state index is 13.9. The summed E-state index contributed by atoms with van der Waals surface area (Å²) in [4.78, 5) is 57.4. The molecule has 0 bridgehead atoms. The molecule has 2 amide bonds. The average Bonchev–Trinajstić information content (AvgIpc) is 3.68. The topological polar surface area (TPSA) is 107 Å². The molecule has 11 heteroatoms. The van der Waals surface area contributed by atoms with Crippen LogP contribution in [-0.2, 0) is 33.8 Å². The van der Waals surface area contributed by atoms with E-state index in [4.69, 9.17) is 4.74 Å². The molecule has 2 heterocycles. The van der Waals surface area contributed by atoms with E-state index in [-0.39, 0.29) is 36.8 Å². The summed E-state index contributed by atoms with van der Waals surface area (Å²) < 4.78 is 22.9. The highest BCUT2D eigenvalue weighted by molar-refractivity contribution is 5.88. The molecule has 41 heavy (non-hydrogen) atoms. The number of hydrogen-bond acceptors (Lipinski definition) is 6. The summed E-state index contributed by atoms with van der Waals surface area (Å²) in [5.41, 5.74) is 1.39. The predicted molar refractivity (Wildman–Crippen MR) is 152 cm³/mol. The fourth-order valence-electron chi connectivity index (χ4n) is 4.49. The molecule has 3 aromatic rings. The molecule has 1 aliphatic rings. The third-order valence-electron chi connectivity index (χ3n) is 7.01. The van der Waals surface area contributed by atoms with E-state index in [2.05, 4.69) is 9.55 Å². The zero-order valence-electron chi connectivity index (χ0n) is 23.9. The van der Waals surface area contributed by atoms with Gasteiger partial charge in [0.1, 0.15) is 11.5 Å². The first kappa shape index (κ1) is 29.7. The number of nitrogens with zero attached hydrogens (tertiary/aromatic N) is 5. The van der Waals surface area contributed by atoms with Crippen molar-refractivity contribution in [3.8, 4) is 0 Å². The summed E-state index contributed by atoms with van der Waals surface area (Å²) in [5, 5.41) is 0.769. The molecule has 0 unspecified atom stereocenters. The van der Waals surface area contributed by atoms with Gasteiger partial charge >= 0.3 is 6.09 Å². The lowest BCUT2D eigenvalue weighted by atomic mass is 10.1. The number of carbonyl (C=O) groups is 3. The quantitative estimate of drug-likeness (QED) is 0.312. The van der Waals surface area contributed by atoms with Crippen LogP contribution < -0.4 is 5.56 Å². The number of halogens is 1. The van der Waals surface area contributed by atoms with Crippen LogP contribution in [0.1, 0.15) is 37.1 Å². The van der Waals surface area contributed by atoms with E-state index >= 15 is 0 Å². The van der Waals surface area contributed by atoms with Gasteiger partial charge in [-0.25, -0.2) is 9.18 Å². The summed E-state index contributed by atoms with van der Waals surface area (Å²) in [6, 6.07) is 6.58. The van der Waals surface area contributed by atoms with E-state index < -0.39 is 23.5 Å². The number of hydrogen-bond donors (Lipinski definition) is 0. The van der Waals surface area contributed by atoms with Crippen LogP contribution in [0, 0.1) is 11.7 Å². The number of allylic oxidation sites excluding steroid dienone is 1. The lowest BCUT2D eigenvalue weighted by molar-refractivity contribution is -0.127. The number of ketones is 1. The zero-order chi connectivity index (χ0) is 29.7. The zero-order valence-corrected chi connectivity index (χ0v) is 23.9. The number of aromatic nitrogens is 3. The van der Waals surface area contributed by atoms with Crippen molar-refractivity contribution in [2.75, 3.05) is 28.2 Å². The molecular weight excluding hydrogens is 529 g/mol. The van der Waals surface area contributed by atoms with Gasteiger partial charge in [0.25, 0.3) is 5.56 Å². The summed E-state index contributed by atoms with van der Waals surface area (Å²) in [6.45, 7) is 1.03. The van der Waals surface area contributed by atoms with Crippen molar-refractivity contribution >= 4 is 28.7 Å². The smallest absolute Gasteiger partial charge is 0.409 e. The van der Waals surface area contributed by atoms with Gasteiger partial charge in [-0.2, -0.15) is 0 Å². The molecule has 10 nitrogen and oxygen atoms in total. The molecule has 1 aromatic carbocycles. The Bertz CT molecular complexity index is 1520. The Morgan fingerprint density at radius 1 is 1.15 bits per heavy atom. The van der Waals surface area contributed by atoms with Crippen LogP contribution in [0.2, 0.25) is 0 Å². The maximum absolute atomic E-state index is 13.9. The number of benzene rings is 1. The number of rotatable bonds is 12. The third-order valence-corrected chi connectivity index (χ3v) is 7.01. The first-order valence-electron chi connectivity index (χ1n) is 13.6. The summed E-state index contributed by atoms with van der Waals surface area (Å²) in [6.07, 6.45) is 6.67. The van der Waals surface area contributed by atoms with Gasteiger partial charge < -0.3 is 23.7 Å². The van der Waals surface area contributed by atoms with E-state index in [1.807, 2.05) is 6.07 Å². The minimum absolute atomic E-state index is 0.0395. The molecule has 4 rings (SSSR count). The fraction of sp³-hybridized carbons (Fsp3) is 0.433. The van der Waals surface area contributed by atoms with Crippen molar-refractivity contribution in [2.45, 2.75) is 51.3 Å². The van der Waals surface area contributed by atoms with Gasteiger partial charge in [-0.15, -0.1) is 0 Å². The molecule has 1 saturated carbocycles. The average molecular weight is 566 g/mol. The second kappa shape index (κ2) is 12.9. The Hall–Kier alpha value is -4.28. The van der Waals surface area contributed by atoms with Gasteiger partial charge in [-0.1, -0.05) is 6.08 Å². The minimum Gasteiger partial charge on any atom is -0.438 e. The molecule has 1 atom stereocenters. The normalized spacial score (nSPS) is 13.9. The van der Waals surface area contributed by atoms with Crippen LogP contribution in [0.15, 0.2) is 53.6 Å². The number of carbonyl (C=O) groups excluding carboxylic acids is 3. The fourth-order valence-corrected chi connectivity index (χ4v) is 4.49. The van der Waals surface area contributed by atoms with Gasteiger partial charge in [0, 0.05) is 63.7 Å². The van der Waals surface area contributed by atoms with Crippen LogP contribution in [0.4, 0.5) is 9.18 Å². The Labute approximate surface area is 238 Å². The van der Waals surface area contributed by atoms with E-state index in [0.717, 1.165) is 36.0 Å². The van der Waals surface area contributed by atoms with Crippen molar-refractivity contribution < 1.29 is 23.5 Å². The van der Waals surface area contributed by atoms with E-state index in [1.54, 1.807) is 32.4 Å². The molecule has 1 fully saturated rings. The highest BCUT2D eigenvalue weighted by Crippen LogP contribution is 2.33. The Morgan fingerprint density at radius 3 is 2.59 bits per heavy atom. The number of fused-ring (bicyclic) bond motifs is 1. The Balaban J connectivity index is 1.53. The molecule has 0 N–H and O–H groups in total. The Morgan fingerprint density at radius 2 is 1.90 bits per heavy atom. The van der Waals surface area contributed by atoms with Gasteiger partial charge in [0.05, 0.1) is 13.0 Å². The monoisotopic (exact) mass is 565 g/mol. The number of amides is 2. The van der Waals surface area contributed by atoms with Crippen LogP contribution in [0.3, 0.4) is 0 Å². The van der Waals surface area contributed by atoms with E-state index in [9.17, 15) is 23.6 Å². The molecule has 0 radical (unpaired) electrons. The lowest BCUT2D eigenvalue weighted by Gasteiger charge is -2.19. The van der Waals surface area contributed by atoms with Crippen molar-refractivity contribution in [2.24, 2.45) is 5.92 Å². The van der Waals surface area contributed by atoms with Crippen molar-refractivity contribution in [3.63, 3.8) is 0 Å². The van der Waals surface area contributed by atoms with Crippen molar-refractivity contribution in [1.29, 1.82) is 0 Å². The standard InChI is InChI=1S/C30H36FN5O5/c1-33(2)28(38)8-6-5-7-27(41-30(40)34(3)4)26(37)17-24-29(39)35(14-13-32-24)19-23-16-21-15-22(31)11-12-25(21)36(23)18-20-9-10-20/h6,8,11-16,20,27H,5,7,9-10,17-19H2,1-4H3/b8-6+/t27-/m0/s1. The first-order valence-corrected chi connectivity index (χ1v) is 13.6. The summed E-state index contributed by atoms with van der Waals surface area (Å²) in [5.74, 6) is -0.421. The Kier molecular flexibility index (Phi) is 9.36.